The number of para-hydroxylation sites is 1. The number of hydrogen-bond donors (Lipinski definition) is 1. The molecule has 2 fully saturated rings. The summed E-state index contributed by atoms with van der Waals surface area (Å²) in [5, 5.41) is 2.20. The minimum absolute atomic E-state index is 0.271. The van der Waals surface area contributed by atoms with Crippen molar-refractivity contribution in [1.82, 2.24) is 9.88 Å². The fraction of sp³-hybridized carbons (Fsp3) is 0.458. The highest BCUT2D eigenvalue weighted by atomic mass is 16.6. The number of nitrogens with one attached hydrogen (secondary N) is 1. The van der Waals surface area contributed by atoms with Crippen LogP contribution in [0.5, 0.6) is 5.75 Å². The van der Waals surface area contributed by atoms with E-state index in [-0.39, 0.29) is 12.2 Å². The highest BCUT2D eigenvalue weighted by Gasteiger charge is 2.31. The summed E-state index contributed by atoms with van der Waals surface area (Å²) >= 11 is 0. The number of benzene rings is 2. The first-order valence-corrected chi connectivity index (χ1v) is 11.0. The quantitative estimate of drug-likeness (QED) is 0.606. The summed E-state index contributed by atoms with van der Waals surface area (Å²) in [6.07, 6.45) is 5.90. The molecule has 5 rings (SSSR count). The van der Waals surface area contributed by atoms with Gasteiger partial charge in [0.25, 0.3) is 0 Å². The Bertz CT molecular complexity index is 1020. The molecule has 1 saturated carbocycles. The highest BCUT2D eigenvalue weighted by Crippen LogP contribution is 2.33. The number of rotatable bonds is 7. The van der Waals surface area contributed by atoms with Gasteiger partial charge in [-0.1, -0.05) is 43.5 Å². The van der Waals surface area contributed by atoms with Gasteiger partial charge in [-0.2, -0.15) is 0 Å². The molecule has 6 nitrogen and oxygen atoms in total. The fourth-order valence-corrected chi connectivity index (χ4v) is 4.58. The standard InChI is InChI=1S/C24H28N2O4/c27-24-26(13-14-28-17-7-2-1-3-8-17)15-18(30-24)16-29-22-12-6-11-21-23(22)19-9-4-5-10-20(19)25-21/h4-6,9-12,17-18,25H,1-3,7-8,13-16H2. The topological polar surface area (TPSA) is 63.8 Å². The Morgan fingerprint density at radius 3 is 2.77 bits per heavy atom. The Balaban J connectivity index is 1.18. The third kappa shape index (κ3) is 3.97. The van der Waals surface area contributed by atoms with Crippen LogP contribution in [0.2, 0.25) is 0 Å². The third-order valence-electron chi connectivity index (χ3n) is 6.13. The second kappa shape index (κ2) is 8.56. The van der Waals surface area contributed by atoms with Crippen molar-refractivity contribution < 1.29 is 19.0 Å². The Hall–Kier alpha value is -2.73. The van der Waals surface area contributed by atoms with Crippen LogP contribution in [0.25, 0.3) is 21.8 Å². The van der Waals surface area contributed by atoms with Gasteiger partial charge in [-0.05, 0) is 31.0 Å². The van der Waals surface area contributed by atoms with Crippen molar-refractivity contribution in [3.63, 3.8) is 0 Å². The molecule has 1 aromatic heterocycles. The van der Waals surface area contributed by atoms with Gasteiger partial charge >= 0.3 is 6.09 Å². The number of H-pyrrole nitrogens is 1. The van der Waals surface area contributed by atoms with Crippen molar-refractivity contribution in [3.8, 4) is 5.75 Å². The zero-order valence-electron chi connectivity index (χ0n) is 17.1. The normalized spacial score (nSPS) is 20.2. The summed E-state index contributed by atoms with van der Waals surface area (Å²) in [6, 6.07) is 14.2. The van der Waals surface area contributed by atoms with E-state index in [2.05, 4.69) is 17.1 Å². The number of carbonyl (C=O) groups excluding carboxylic acids is 1. The van der Waals surface area contributed by atoms with Crippen LogP contribution in [0.1, 0.15) is 32.1 Å². The summed E-state index contributed by atoms with van der Waals surface area (Å²) in [7, 11) is 0. The molecule has 1 N–H and O–H groups in total. The molecule has 158 valence electrons. The summed E-state index contributed by atoms with van der Waals surface area (Å²) in [5.74, 6) is 0.806. The van der Waals surface area contributed by atoms with Crippen molar-refractivity contribution in [2.45, 2.75) is 44.3 Å². The minimum Gasteiger partial charge on any atom is -0.489 e. The molecule has 6 heteroatoms. The van der Waals surface area contributed by atoms with Crippen LogP contribution >= 0.6 is 0 Å². The summed E-state index contributed by atoms with van der Waals surface area (Å²) in [4.78, 5) is 17.4. The van der Waals surface area contributed by atoms with Crippen LogP contribution in [0.3, 0.4) is 0 Å². The predicted octanol–water partition coefficient (Wildman–Crippen LogP) is 4.87. The number of amides is 1. The van der Waals surface area contributed by atoms with Crippen molar-refractivity contribution in [1.29, 1.82) is 0 Å². The molecular weight excluding hydrogens is 380 g/mol. The first-order valence-electron chi connectivity index (χ1n) is 11.0. The Morgan fingerprint density at radius 1 is 1.03 bits per heavy atom. The maximum absolute atomic E-state index is 12.2. The van der Waals surface area contributed by atoms with Gasteiger partial charge in [-0.3, -0.25) is 0 Å². The minimum atomic E-state index is -0.277. The number of nitrogens with zero attached hydrogens (tertiary/aromatic N) is 1. The third-order valence-corrected chi connectivity index (χ3v) is 6.13. The smallest absolute Gasteiger partial charge is 0.410 e. The highest BCUT2D eigenvalue weighted by molar-refractivity contribution is 6.10. The van der Waals surface area contributed by atoms with Crippen LogP contribution < -0.4 is 4.74 Å². The Kier molecular flexibility index (Phi) is 5.49. The average Bonchev–Trinajstić information content (AvgIpc) is 3.33. The van der Waals surface area contributed by atoms with E-state index in [4.69, 9.17) is 14.2 Å². The van der Waals surface area contributed by atoms with E-state index < -0.39 is 0 Å². The number of hydrogen-bond acceptors (Lipinski definition) is 4. The molecular formula is C24H28N2O4. The van der Waals surface area contributed by atoms with Crippen LogP contribution in [0.4, 0.5) is 4.79 Å². The Morgan fingerprint density at radius 2 is 1.87 bits per heavy atom. The number of cyclic esters (lactones) is 1. The molecule has 0 spiro atoms. The van der Waals surface area contributed by atoms with E-state index >= 15 is 0 Å². The summed E-state index contributed by atoms with van der Waals surface area (Å²) in [5.41, 5.74) is 2.12. The molecule has 1 unspecified atom stereocenters. The van der Waals surface area contributed by atoms with E-state index in [1.165, 1.54) is 19.3 Å². The molecule has 0 bridgehead atoms. The van der Waals surface area contributed by atoms with Gasteiger partial charge in [0.1, 0.15) is 12.4 Å². The molecule has 1 amide bonds. The van der Waals surface area contributed by atoms with Crippen molar-refractivity contribution in [3.05, 3.63) is 42.5 Å². The fourth-order valence-electron chi connectivity index (χ4n) is 4.58. The van der Waals surface area contributed by atoms with Gasteiger partial charge in [0.2, 0.25) is 0 Å². The molecule has 0 radical (unpaired) electrons. The maximum atomic E-state index is 12.2. The van der Waals surface area contributed by atoms with E-state index in [9.17, 15) is 4.79 Å². The zero-order valence-corrected chi connectivity index (χ0v) is 17.1. The van der Waals surface area contributed by atoms with Gasteiger partial charge in [0.15, 0.2) is 6.10 Å². The van der Waals surface area contributed by atoms with Crippen molar-refractivity contribution in [2.75, 3.05) is 26.3 Å². The average molecular weight is 408 g/mol. The van der Waals surface area contributed by atoms with Gasteiger partial charge < -0.3 is 24.1 Å². The number of aromatic nitrogens is 1. The lowest BCUT2D eigenvalue weighted by molar-refractivity contribution is 0.0212. The Labute approximate surface area is 176 Å². The predicted molar refractivity (Wildman–Crippen MR) is 116 cm³/mol. The lowest BCUT2D eigenvalue weighted by Crippen LogP contribution is -2.31. The van der Waals surface area contributed by atoms with Gasteiger partial charge in [-0.25, -0.2) is 4.79 Å². The molecule has 3 aromatic rings. The lowest BCUT2D eigenvalue weighted by atomic mass is 9.98. The van der Waals surface area contributed by atoms with Crippen LogP contribution in [0, 0.1) is 0 Å². The molecule has 2 aliphatic rings. The van der Waals surface area contributed by atoms with E-state index in [0.717, 1.165) is 40.4 Å². The second-order valence-electron chi connectivity index (χ2n) is 8.24. The summed E-state index contributed by atoms with van der Waals surface area (Å²) < 4.78 is 17.6. The maximum Gasteiger partial charge on any atom is 0.410 e. The second-order valence-corrected chi connectivity index (χ2v) is 8.24. The summed E-state index contributed by atoms with van der Waals surface area (Å²) in [6.45, 7) is 2.02. The van der Waals surface area contributed by atoms with Crippen LogP contribution in [-0.4, -0.2) is 54.5 Å². The van der Waals surface area contributed by atoms with E-state index in [1.807, 2.05) is 30.3 Å². The largest absolute Gasteiger partial charge is 0.489 e. The lowest BCUT2D eigenvalue weighted by Gasteiger charge is -2.23. The first-order chi connectivity index (χ1) is 14.8. The van der Waals surface area contributed by atoms with Crippen molar-refractivity contribution >= 4 is 27.9 Å². The van der Waals surface area contributed by atoms with Crippen molar-refractivity contribution in [2.24, 2.45) is 0 Å². The van der Waals surface area contributed by atoms with E-state index in [1.54, 1.807) is 4.90 Å². The zero-order chi connectivity index (χ0) is 20.3. The molecule has 2 heterocycles. The SMILES string of the molecule is O=C1OC(COc2cccc3[nH]c4ccccc4c23)CN1CCOC1CCCCC1. The first kappa shape index (κ1) is 19.2. The number of ether oxygens (including phenoxy) is 3. The van der Waals surface area contributed by atoms with Gasteiger partial charge in [0, 0.05) is 22.8 Å². The number of carbonyl (C=O) groups is 1. The van der Waals surface area contributed by atoms with Crippen LogP contribution in [0.15, 0.2) is 42.5 Å². The molecule has 1 atom stereocenters. The van der Waals surface area contributed by atoms with Gasteiger partial charge in [-0.15, -0.1) is 0 Å². The molecule has 30 heavy (non-hydrogen) atoms. The monoisotopic (exact) mass is 408 g/mol. The number of fused-ring (bicyclic) bond motifs is 3. The molecule has 1 aliphatic carbocycles. The molecule has 1 aliphatic heterocycles. The molecule has 1 saturated heterocycles. The van der Waals surface area contributed by atoms with E-state index in [0.29, 0.717) is 32.4 Å². The molecule has 2 aromatic carbocycles. The van der Waals surface area contributed by atoms with Crippen LogP contribution in [-0.2, 0) is 9.47 Å². The number of aromatic amines is 1. The van der Waals surface area contributed by atoms with Gasteiger partial charge in [0.05, 0.1) is 24.8 Å².